The van der Waals surface area contributed by atoms with Crippen molar-refractivity contribution in [1.82, 2.24) is 14.7 Å². The topological polar surface area (TPSA) is 125 Å². The SMILES string of the molecule is CCC(C)C(NC(=O)c1ccn2c(Nc3c(C)cccc3C)c(-c3ccc(NC(C)=O)cc3)nc2c1)C(=O)O. The minimum absolute atomic E-state index is 0.155. The number of hydrogen-bond acceptors (Lipinski definition) is 5. The molecule has 0 saturated carbocycles. The molecule has 2 aromatic heterocycles. The third kappa shape index (κ3) is 5.93. The van der Waals surface area contributed by atoms with Crippen molar-refractivity contribution in [3.8, 4) is 11.3 Å². The molecule has 2 heterocycles. The molecule has 202 valence electrons. The third-order valence-corrected chi connectivity index (χ3v) is 6.86. The summed E-state index contributed by atoms with van der Waals surface area (Å²) in [5.41, 5.74) is 6.07. The molecule has 0 bridgehead atoms. The Morgan fingerprint density at radius 1 is 1.03 bits per heavy atom. The highest BCUT2D eigenvalue weighted by Gasteiger charge is 2.26. The Kier molecular flexibility index (Phi) is 7.99. The first-order chi connectivity index (χ1) is 18.6. The monoisotopic (exact) mass is 527 g/mol. The molecule has 39 heavy (non-hydrogen) atoms. The number of imidazole rings is 1. The molecular formula is C30H33N5O4. The quantitative estimate of drug-likeness (QED) is 0.226. The highest BCUT2D eigenvalue weighted by Crippen LogP contribution is 2.34. The largest absolute Gasteiger partial charge is 0.480 e. The number of para-hydroxylation sites is 1. The third-order valence-electron chi connectivity index (χ3n) is 6.86. The molecule has 0 aliphatic rings. The number of anilines is 3. The summed E-state index contributed by atoms with van der Waals surface area (Å²) in [6, 6.07) is 15.7. The predicted molar refractivity (Wildman–Crippen MR) is 152 cm³/mol. The summed E-state index contributed by atoms with van der Waals surface area (Å²) in [7, 11) is 0. The highest BCUT2D eigenvalue weighted by molar-refractivity contribution is 5.98. The number of carboxylic acids is 1. The Labute approximate surface area is 227 Å². The van der Waals surface area contributed by atoms with Crippen molar-refractivity contribution in [2.45, 2.75) is 47.1 Å². The molecule has 4 rings (SSSR count). The maximum Gasteiger partial charge on any atom is 0.326 e. The van der Waals surface area contributed by atoms with Gasteiger partial charge in [-0.1, -0.05) is 50.6 Å². The van der Waals surface area contributed by atoms with Crippen LogP contribution in [-0.2, 0) is 9.59 Å². The van der Waals surface area contributed by atoms with E-state index in [1.165, 1.54) is 6.92 Å². The van der Waals surface area contributed by atoms with Crippen LogP contribution in [0.25, 0.3) is 16.9 Å². The first kappa shape index (κ1) is 27.4. The Hall–Kier alpha value is -4.66. The lowest BCUT2D eigenvalue weighted by Gasteiger charge is -2.20. The van der Waals surface area contributed by atoms with Crippen LogP contribution in [0.1, 0.15) is 48.7 Å². The summed E-state index contributed by atoms with van der Waals surface area (Å²) in [5.74, 6) is -1.20. The Bertz CT molecular complexity index is 1520. The van der Waals surface area contributed by atoms with Crippen LogP contribution in [0.3, 0.4) is 0 Å². The summed E-state index contributed by atoms with van der Waals surface area (Å²) >= 11 is 0. The lowest BCUT2D eigenvalue weighted by atomic mass is 9.99. The van der Waals surface area contributed by atoms with Crippen molar-refractivity contribution >= 4 is 40.6 Å². The van der Waals surface area contributed by atoms with Crippen molar-refractivity contribution < 1.29 is 19.5 Å². The number of nitrogens with zero attached hydrogens (tertiary/aromatic N) is 2. The van der Waals surface area contributed by atoms with Gasteiger partial charge < -0.3 is 21.1 Å². The van der Waals surface area contributed by atoms with Gasteiger partial charge in [-0.3, -0.25) is 14.0 Å². The summed E-state index contributed by atoms with van der Waals surface area (Å²) < 4.78 is 1.86. The number of rotatable bonds is 9. The Balaban J connectivity index is 1.78. The van der Waals surface area contributed by atoms with E-state index in [2.05, 4.69) is 16.0 Å². The molecule has 0 saturated heterocycles. The van der Waals surface area contributed by atoms with Crippen molar-refractivity contribution in [1.29, 1.82) is 0 Å². The summed E-state index contributed by atoms with van der Waals surface area (Å²) in [5, 5.41) is 18.6. The number of aliphatic carboxylic acids is 1. The number of benzene rings is 2. The number of carbonyl (C=O) groups excluding carboxylic acids is 2. The van der Waals surface area contributed by atoms with Gasteiger partial charge in [-0.05, 0) is 55.2 Å². The molecule has 4 aromatic rings. The van der Waals surface area contributed by atoms with E-state index in [1.54, 1.807) is 25.3 Å². The fourth-order valence-corrected chi connectivity index (χ4v) is 4.46. The van der Waals surface area contributed by atoms with Gasteiger partial charge in [0.05, 0.1) is 0 Å². The van der Waals surface area contributed by atoms with Gasteiger partial charge in [-0.2, -0.15) is 0 Å². The molecule has 2 atom stereocenters. The first-order valence-corrected chi connectivity index (χ1v) is 12.9. The number of amides is 2. The fourth-order valence-electron chi connectivity index (χ4n) is 4.46. The number of aromatic nitrogens is 2. The normalized spacial score (nSPS) is 12.5. The number of pyridine rings is 1. The lowest BCUT2D eigenvalue weighted by Crippen LogP contribution is -2.45. The van der Waals surface area contributed by atoms with Gasteiger partial charge in [0.25, 0.3) is 5.91 Å². The number of carbonyl (C=O) groups is 3. The number of nitrogens with one attached hydrogen (secondary N) is 3. The number of aryl methyl sites for hydroxylation is 2. The van der Waals surface area contributed by atoms with E-state index >= 15 is 0 Å². The van der Waals surface area contributed by atoms with Gasteiger partial charge in [0, 0.05) is 35.6 Å². The minimum Gasteiger partial charge on any atom is -0.480 e. The molecule has 4 N–H and O–H groups in total. The van der Waals surface area contributed by atoms with Crippen molar-refractivity contribution in [3.63, 3.8) is 0 Å². The Morgan fingerprint density at radius 3 is 2.28 bits per heavy atom. The van der Waals surface area contributed by atoms with Gasteiger partial charge in [0.15, 0.2) is 0 Å². The molecule has 2 aromatic carbocycles. The van der Waals surface area contributed by atoms with Crippen LogP contribution < -0.4 is 16.0 Å². The number of hydrogen-bond donors (Lipinski definition) is 4. The van der Waals surface area contributed by atoms with E-state index in [0.29, 0.717) is 34.8 Å². The average molecular weight is 528 g/mol. The second-order valence-electron chi connectivity index (χ2n) is 9.78. The predicted octanol–water partition coefficient (Wildman–Crippen LogP) is 5.55. The molecule has 9 nitrogen and oxygen atoms in total. The zero-order valence-electron chi connectivity index (χ0n) is 22.7. The zero-order valence-corrected chi connectivity index (χ0v) is 22.7. The van der Waals surface area contributed by atoms with Crippen molar-refractivity contribution in [3.05, 3.63) is 77.5 Å². The molecule has 0 spiro atoms. The van der Waals surface area contributed by atoms with Crippen LogP contribution in [0, 0.1) is 19.8 Å². The molecular weight excluding hydrogens is 494 g/mol. The lowest BCUT2D eigenvalue weighted by molar-refractivity contribution is -0.140. The van der Waals surface area contributed by atoms with E-state index in [-0.39, 0.29) is 11.8 Å². The van der Waals surface area contributed by atoms with Crippen LogP contribution >= 0.6 is 0 Å². The van der Waals surface area contributed by atoms with E-state index in [1.807, 2.05) is 67.6 Å². The summed E-state index contributed by atoms with van der Waals surface area (Å²) in [6.07, 6.45) is 2.37. The average Bonchev–Trinajstić information content (AvgIpc) is 3.26. The van der Waals surface area contributed by atoms with Crippen LogP contribution in [-0.4, -0.2) is 38.3 Å². The standard InChI is InChI=1S/C30H33N5O4/c1-6-17(2)26(30(38)39)34-29(37)22-14-15-35-24(16-22)32-27(21-10-12-23(13-11-21)31-20(5)36)28(35)33-25-18(3)8-7-9-19(25)4/h7-17,26,33H,6H2,1-5H3,(H,31,36)(H,34,37)(H,38,39). The molecule has 2 amide bonds. The first-order valence-electron chi connectivity index (χ1n) is 12.9. The van der Waals surface area contributed by atoms with Gasteiger partial charge in [-0.15, -0.1) is 0 Å². The van der Waals surface area contributed by atoms with Gasteiger partial charge in [0.1, 0.15) is 23.2 Å². The highest BCUT2D eigenvalue weighted by atomic mass is 16.4. The van der Waals surface area contributed by atoms with Crippen molar-refractivity contribution in [2.24, 2.45) is 5.92 Å². The fraction of sp³-hybridized carbons (Fsp3) is 0.267. The molecule has 9 heteroatoms. The number of carboxylic acid groups (broad SMARTS) is 1. The van der Waals surface area contributed by atoms with Crippen molar-refractivity contribution in [2.75, 3.05) is 10.6 Å². The summed E-state index contributed by atoms with van der Waals surface area (Å²) in [6.45, 7) is 9.19. The molecule has 0 radical (unpaired) electrons. The zero-order chi connectivity index (χ0) is 28.3. The van der Waals surface area contributed by atoms with E-state index < -0.39 is 17.9 Å². The van der Waals surface area contributed by atoms with E-state index in [9.17, 15) is 19.5 Å². The van der Waals surface area contributed by atoms with E-state index in [4.69, 9.17) is 4.98 Å². The second kappa shape index (κ2) is 11.4. The maximum absolute atomic E-state index is 13.0. The van der Waals surface area contributed by atoms with Gasteiger partial charge in [0.2, 0.25) is 5.91 Å². The second-order valence-corrected chi connectivity index (χ2v) is 9.78. The van der Waals surface area contributed by atoms with Crippen LogP contribution in [0.15, 0.2) is 60.8 Å². The van der Waals surface area contributed by atoms with Gasteiger partial charge in [-0.25, -0.2) is 9.78 Å². The molecule has 0 fully saturated rings. The molecule has 0 aliphatic heterocycles. The maximum atomic E-state index is 13.0. The van der Waals surface area contributed by atoms with Crippen LogP contribution in [0.4, 0.5) is 17.2 Å². The van der Waals surface area contributed by atoms with E-state index in [0.717, 1.165) is 22.4 Å². The number of fused-ring (bicyclic) bond motifs is 1. The molecule has 0 aliphatic carbocycles. The minimum atomic E-state index is -1.07. The van der Waals surface area contributed by atoms with Crippen LogP contribution in [0.2, 0.25) is 0 Å². The molecule has 2 unspecified atom stereocenters. The smallest absolute Gasteiger partial charge is 0.326 e. The van der Waals surface area contributed by atoms with Crippen LogP contribution in [0.5, 0.6) is 0 Å². The van der Waals surface area contributed by atoms with Gasteiger partial charge >= 0.3 is 5.97 Å². The summed E-state index contributed by atoms with van der Waals surface area (Å²) in [4.78, 5) is 41.1. The Morgan fingerprint density at radius 2 is 1.69 bits per heavy atom.